The molecule has 1 atom stereocenters. The number of nitrogens with one attached hydrogen (secondary N) is 1. The van der Waals surface area contributed by atoms with Crippen molar-refractivity contribution in [3.63, 3.8) is 0 Å². The molecular weight excluding hydrogens is 352 g/mol. The lowest BCUT2D eigenvalue weighted by Gasteiger charge is -2.16. The van der Waals surface area contributed by atoms with Gasteiger partial charge in [-0.1, -0.05) is 68.4 Å². The molecule has 0 saturated carbocycles. The molecule has 6 heteroatoms. The molecule has 0 radical (unpaired) electrons. The number of fused-ring (bicyclic) bond motifs is 1. The maximum absolute atomic E-state index is 12.7. The number of imidazole rings is 1. The Kier molecular flexibility index (Phi) is 4.79. The van der Waals surface area contributed by atoms with Crippen molar-refractivity contribution in [3.05, 3.63) is 82.4 Å². The molecule has 2 heterocycles. The molecular formula is C22H22N4O2. The van der Waals surface area contributed by atoms with Crippen LogP contribution in [0.3, 0.4) is 0 Å². The maximum Gasteiger partial charge on any atom is 0.328 e. The molecule has 2 aromatic heterocycles. The molecule has 6 nitrogen and oxygen atoms in total. The number of nitrogens with zero attached hydrogens (tertiary/aromatic N) is 3. The van der Waals surface area contributed by atoms with Crippen LogP contribution in [0.15, 0.2) is 65.6 Å². The summed E-state index contributed by atoms with van der Waals surface area (Å²) in [6, 6.07) is 17.0. The first-order valence-electron chi connectivity index (χ1n) is 9.32. The van der Waals surface area contributed by atoms with E-state index < -0.39 is 6.04 Å². The number of hydrogen-bond donors (Lipinski definition) is 2. The van der Waals surface area contributed by atoms with Gasteiger partial charge in [-0.05, 0) is 17.0 Å². The molecule has 28 heavy (non-hydrogen) atoms. The van der Waals surface area contributed by atoms with Crippen LogP contribution < -0.4 is 5.69 Å². The van der Waals surface area contributed by atoms with Crippen LogP contribution in [-0.2, 0) is 0 Å². The molecule has 0 spiro atoms. The second-order valence-corrected chi connectivity index (χ2v) is 7.08. The second kappa shape index (κ2) is 7.40. The third-order valence-corrected chi connectivity index (χ3v) is 4.95. The monoisotopic (exact) mass is 374 g/mol. The molecule has 4 aromatic rings. The Hall–Kier alpha value is -3.25. The number of benzene rings is 2. The zero-order chi connectivity index (χ0) is 19.7. The lowest BCUT2D eigenvalue weighted by atomic mass is 9.97. The molecule has 0 bridgehead atoms. The van der Waals surface area contributed by atoms with E-state index in [9.17, 15) is 9.90 Å². The first kappa shape index (κ1) is 18.1. The zero-order valence-electron chi connectivity index (χ0n) is 15.8. The number of aliphatic hydroxyl groups excluding tert-OH is 1. The Labute approximate surface area is 162 Å². The summed E-state index contributed by atoms with van der Waals surface area (Å²) in [5, 5.41) is 10.0. The van der Waals surface area contributed by atoms with E-state index in [2.05, 4.69) is 29.9 Å². The van der Waals surface area contributed by atoms with Gasteiger partial charge in [0.2, 0.25) is 0 Å². The van der Waals surface area contributed by atoms with Gasteiger partial charge < -0.3 is 10.1 Å². The van der Waals surface area contributed by atoms with Crippen molar-refractivity contribution < 1.29 is 5.11 Å². The number of aliphatic hydroxyl groups is 1. The first-order valence-corrected chi connectivity index (χ1v) is 9.32. The summed E-state index contributed by atoms with van der Waals surface area (Å²) in [6.45, 7) is 4.04. The van der Waals surface area contributed by atoms with E-state index in [1.807, 2.05) is 48.5 Å². The molecule has 4 rings (SSSR count). The quantitative estimate of drug-likeness (QED) is 0.560. The van der Waals surface area contributed by atoms with Gasteiger partial charge in [0.1, 0.15) is 5.52 Å². The van der Waals surface area contributed by atoms with Crippen LogP contribution in [0.4, 0.5) is 0 Å². The molecule has 0 fully saturated rings. The highest BCUT2D eigenvalue weighted by molar-refractivity contribution is 5.74. The summed E-state index contributed by atoms with van der Waals surface area (Å²) in [6.07, 6.45) is 1.63. The molecule has 0 saturated heterocycles. The topological polar surface area (TPSA) is 83.8 Å². The van der Waals surface area contributed by atoms with Gasteiger partial charge in [0.25, 0.3) is 0 Å². The van der Waals surface area contributed by atoms with Crippen molar-refractivity contribution in [2.24, 2.45) is 0 Å². The van der Waals surface area contributed by atoms with Crippen LogP contribution in [-0.4, -0.2) is 31.2 Å². The van der Waals surface area contributed by atoms with Crippen molar-refractivity contribution in [1.82, 2.24) is 19.5 Å². The van der Waals surface area contributed by atoms with Crippen LogP contribution in [0.1, 0.15) is 36.9 Å². The zero-order valence-corrected chi connectivity index (χ0v) is 15.8. The summed E-state index contributed by atoms with van der Waals surface area (Å²) in [7, 11) is 0. The van der Waals surface area contributed by atoms with Crippen molar-refractivity contribution in [3.8, 4) is 11.4 Å². The van der Waals surface area contributed by atoms with Crippen LogP contribution in [0.2, 0.25) is 0 Å². The highest BCUT2D eigenvalue weighted by atomic mass is 16.3. The second-order valence-electron chi connectivity index (χ2n) is 7.08. The van der Waals surface area contributed by atoms with E-state index in [1.165, 1.54) is 4.57 Å². The van der Waals surface area contributed by atoms with E-state index in [0.717, 1.165) is 16.7 Å². The Balaban J connectivity index is 1.92. The molecule has 0 unspecified atom stereocenters. The van der Waals surface area contributed by atoms with Gasteiger partial charge in [0, 0.05) is 5.56 Å². The number of H-pyrrole nitrogens is 1. The largest absolute Gasteiger partial charge is 0.394 e. The van der Waals surface area contributed by atoms with Gasteiger partial charge >= 0.3 is 5.69 Å². The van der Waals surface area contributed by atoms with Crippen LogP contribution in [0.25, 0.3) is 22.6 Å². The molecule has 0 aliphatic rings. The Morgan fingerprint density at radius 3 is 2.50 bits per heavy atom. The lowest BCUT2D eigenvalue weighted by Crippen LogP contribution is -2.26. The number of rotatable bonds is 5. The fraction of sp³-hybridized carbons (Fsp3) is 0.227. The number of hydrogen-bond acceptors (Lipinski definition) is 4. The average Bonchev–Trinajstić information content (AvgIpc) is 3.04. The highest BCUT2D eigenvalue weighted by Crippen LogP contribution is 2.28. The lowest BCUT2D eigenvalue weighted by molar-refractivity contribution is 0.249. The average molecular weight is 374 g/mol. The van der Waals surface area contributed by atoms with Gasteiger partial charge in [0.15, 0.2) is 11.5 Å². The SMILES string of the molecule is CC(C)c1ccccc1-c1ncc2[nH]c(=O)n([C@H](CO)c3ccccc3)c2n1. The fourth-order valence-corrected chi connectivity index (χ4v) is 3.55. The third-order valence-electron chi connectivity index (χ3n) is 4.95. The predicted octanol–water partition coefficient (Wildman–Crippen LogP) is 3.49. The minimum atomic E-state index is -0.523. The van der Waals surface area contributed by atoms with Gasteiger partial charge in [-0.2, -0.15) is 0 Å². The summed E-state index contributed by atoms with van der Waals surface area (Å²) in [5.41, 5.74) is 3.65. The minimum Gasteiger partial charge on any atom is -0.394 e. The van der Waals surface area contributed by atoms with Crippen molar-refractivity contribution >= 4 is 11.2 Å². The molecule has 0 aliphatic carbocycles. The molecule has 142 valence electrons. The van der Waals surface area contributed by atoms with Gasteiger partial charge in [-0.25, -0.2) is 14.8 Å². The Bertz CT molecular complexity index is 1160. The Morgan fingerprint density at radius 2 is 1.79 bits per heavy atom. The maximum atomic E-state index is 12.7. The molecule has 2 aromatic carbocycles. The predicted molar refractivity (Wildman–Crippen MR) is 109 cm³/mol. The van der Waals surface area contributed by atoms with Gasteiger partial charge in [-0.15, -0.1) is 0 Å². The van der Waals surface area contributed by atoms with E-state index in [0.29, 0.717) is 22.9 Å². The van der Waals surface area contributed by atoms with Gasteiger partial charge in [-0.3, -0.25) is 4.57 Å². The molecule has 0 amide bonds. The van der Waals surface area contributed by atoms with E-state index in [-0.39, 0.29) is 12.3 Å². The van der Waals surface area contributed by atoms with Crippen LogP contribution in [0.5, 0.6) is 0 Å². The van der Waals surface area contributed by atoms with Crippen LogP contribution in [0, 0.1) is 0 Å². The third kappa shape index (κ3) is 3.12. The highest BCUT2D eigenvalue weighted by Gasteiger charge is 2.21. The first-order chi connectivity index (χ1) is 13.6. The summed E-state index contributed by atoms with van der Waals surface area (Å²) in [4.78, 5) is 24.7. The van der Waals surface area contributed by atoms with E-state index in [4.69, 9.17) is 4.98 Å². The fourth-order valence-electron chi connectivity index (χ4n) is 3.55. The summed E-state index contributed by atoms with van der Waals surface area (Å²) >= 11 is 0. The van der Waals surface area contributed by atoms with Crippen LogP contribution >= 0.6 is 0 Å². The minimum absolute atomic E-state index is 0.210. The van der Waals surface area contributed by atoms with E-state index in [1.54, 1.807) is 6.20 Å². The van der Waals surface area contributed by atoms with Gasteiger partial charge in [0.05, 0.1) is 18.8 Å². The number of aromatic nitrogens is 4. The smallest absolute Gasteiger partial charge is 0.328 e. The Morgan fingerprint density at radius 1 is 1.07 bits per heavy atom. The normalized spacial score (nSPS) is 12.6. The van der Waals surface area contributed by atoms with Crippen molar-refractivity contribution in [1.29, 1.82) is 0 Å². The van der Waals surface area contributed by atoms with E-state index >= 15 is 0 Å². The summed E-state index contributed by atoms with van der Waals surface area (Å²) < 4.78 is 1.51. The number of aromatic amines is 1. The van der Waals surface area contributed by atoms with Crippen molar-refractivity contribution in [2.45, 2.75) is 25.8 Å². The summed E-state index contributed by atoms with van der Waals surface area (Å²) in [5.74, 6) is 0.882. The molecule has 2 N–H and O–H groups in total. The standard InChI is InChI=1S/C22H22N4O2/c1-14(2)16-10-6-7-11-17(16)20-23-12-18-21(25-20)26(22(28)24-18)19(13-27)15-8-4-3-5-9-15/h3-12,14,19,27H,13H2,1-2H3,(H,24,28)/t19-/m1/s1. The molecule has 0 aliphatic heterocycles. The van der Waals surface area contributed by atoms with Crippen molar-refractivity contribution in [2.75, 3.05) is 6.61 Å².